The highest BCUT2D eigenvalue weighted by molar-refractivity contribution is 6.31. The van der Waals surface area contributed by atoms with E-state index in [4.69, 9.17) is 22.0 Å². The van der Waals surface area contributed by atoms with Crippen molar-refractivity contribution in [3.05, 3.63) is 40.6 Å². The normalized spacial score (nSPS) is 11.4. The number of hydrogen-bond donors (Lipinski definition) is 2. The van der Waals surface area contributed by atoms with E-state index in [1.807, 2.05) is 0 Å². The molecule has 2 aromatic rings. The molecular weight excluding hydrogens is 240 g/mol. The zero-order chi connectivity index (χ0) is 12.4. The topological polar surface area (TPSA) is 76.9 Å². The van der Waals surface area contributed by atoms with Crippen molar-refractivity contribution < 1.29 is 9.90 Å². The Bertz CT molecular complexity index is 665. The maximum Gasteiger partial charge on any atom is 0.346 e. The number of benzene rings is 1. The summed E-state index contributed by atoms with van der Waals surface area (Å²) in [5.74, 6) is -1.25. The van der Waals surface area contributed by atoms with Crippen LogP contribution >= 0.6 is 11.6 Å². The predicted octanol–water partition coefficient (Wildman–Crippen LogP) is 2.81. The quantitative estimate of drug-likeness (QED) is 0.632. The van der Waals surface area contributed by atoms with Gasteiger partial charge in [0.05, 0.1) is 0 Å². The van der Waals surface area contributed by atoms with Crippen LogP contribution in [0, 0.1) is 11.3 Å². The molecule has 0 aliphatic carbocycles. The number of halogens is 1. The predicted molar refractivity (Wildman–Crippen MR) is 64.5 cm³/mol. The second kappa shape index (κ2) is 4.32. The van der Waals surface area contributed by atoms with Gasteiger partial charge in [-0.05, 0) is 24.3 Å². The largest absolute Gasteiger partial charge is 0.477 e. The minimum atomic E-state index is -1.25. The molecule has 0 unspecified atom stereocenters. The van der Waals surface area contributed by atoms with Gasteiger partial charge in [0, 0.05) is 27.7 Å². The van der Waals surface area contributed by atoms with Crippen LogP contribution in [-0.2, 0) is 4.79 Å². The zero-order valence-corrected chi connectivity index (χ0v) is 9.32. The second-order valence-electron chi connectivity index (χ2n) is 3.41. The van der Waals surface area contributed by atoms with Gasteiger partial charge in [-0.25, -0.2) is 4.79 Å². The SMILES string of the molecule is N#CC(=Cc1c[nH]c2ccc(Cl)cc12)C(=O)O. The Morgan fingerprint density at radius 2 is 2.29 bits per heavy atom. The summed E-state index contributed by atoms with van der Waals surface area (Å²) in [7, 11) is 0. The molecule has 4 nitrogen and oxygen atoms in total. The first-order valence-electron chi connectivity index (χ1n) is 4.73. The van der Waals surface area contributed by atoms with Crippen molar-refractivity contribution in [1.82, 2.24) is 4.98 Å². The standard InChI is InChI=1S/C12H7ClN2O2/c13-9-1-2-11-10(4-9)8(6-15-11)3-7(5-14)12(16)17/h1-4,6,15H,(H,16,17). The van der Waals surface area contributed by atoms with E-state index in [0.717, 1.165) is 10.9 Å². The minimum absolute atomic E-state index is 0.314. The number of H-pyrrole nitrogens is 1. The van der Waals surface area contributed by atoms with E-state index >= 15 is 0 Å². The van der Waals surface area contributed by atoms with E-state index in [0.29, 0.717) is 10.6 Å². The lowest BCUT2D eigenvalue weighted by Gasteiger charge is -1.94. The highest BCUT2D eigenvalue weighted by Gasteiger charge is 2.08. The fourth-order valence-corrected chi connectivity index (χ4v) is 1.70. The maximum absolute atomic E-state index is 10.7. The Morgan fingerprint density at radius 1 is 1.53 bits per heavy atom. The van der Waals surface area contributed by atoms with E-state index in [-0.39, 0.29) is 5.57 Å². The fourth-order valence-electron chi connectivity index (χ4n) is 1.53. The van der Waals surface area contributed by atoms with Crippen molar-refractivity contribution in [1.29, 1.82) is 5.26 Å². The molecule has 2 rings (SSSR count). The Kier molecular flexibility index (Phi) is 2.86. The molecule has 0 aliphatic heterocycles. The molecule has 0 fully saturated rings. The second-order valence-corrected chi connectivity index (χ2v) is 3.85. The summed E-state index contributed by atoms with van der Waals surface area (Å²) >= 11 is 5.86. The lowest BCUT2D eigenvalue weighted by molar-refractivity contribution is -0.132. The summed E-state index contributed by atoms with van der Waals surface area (Å²) in [6.45, 7) is 0. The first-order valence-corrected chi connectivity index (χ1v) is 5.11. The molecule has 1 aromatic carbocycles. The number of nitrogens with zero attached hydrogens (tertiary/aromatic N) is 1. The van der Waals surface area contributed by atoms with Gasteiger partial charge in [0.25, 0.3) is 0 Å². The number of carboxylic acid groups (broad SMARTS) is 1. The Labute approximate surface area is 102 Å². The van der Waals surface area contributed by atoms with Gasteiger partial charge in [-0.2, -0.15) is 5.26 Å². The first kappa shape index (κ1) is 11.2. The Hall–Kier alpha value is -2.25. The number of carboxylic acids is 1. The van der Waals surface area contributed by atoms with Crippen molar-refractivity contribution in [2.75, 3.05) is 0 Å². The van der Waals surface area contributed by atoms with Crippen molar-refractivity contribution in [2.24, 2.45) is 0 Å². The lowest BCUT2D eigenvalue weighted by atomic mass is 10.1. The molecule has 1 heterocycles. The Balaban J connectivity index is 2.61. The van der Waals surface area contributed by atoms with Gasteiger partial charge in [-0.3, -0.25) is 0 Å². The number of fused-ring (bicyclic) bond motifs is 1. The maximum atomic E-state index is 10.7. The van der Waals surface area contributed by atoms with Crippen LogP contribution in [0.3, 0.4) is 0 Å². The number of aromatic nitrogens is 1. The number of rotatable bonds is 2. The summed E-state index contributed by atoms with van der Waals surface area (Å²) in [6, 6.07) is 6.88. The molecule has 2 N–H and O–H groups in total. The molecule has 5 heteroatoms. The first-order chi connectivity index (χ1) is 8.11. The van der Waals surface area contributed by atoms with Crippen LogP contribution in [0.1, 0.15) is 5.56 Å². The van der Waals surface area contributed by atoms with Crippen molar-refractivity contribution >= 4 is 34.5 Å². The van der Waals surface area contributed by atoms with Crippen LogP contribution in [0.15, 0.2) is 30.0 Å². The van der Waals surface area contributed by atoms with Gasteiger partial charge in [0.15, 0.2) is 0 Å². The molecule has 0 amide bonds. The Morgan fingerprint density at radius 3 is 2.94 bits per heavy atom. The van der Waals surface area contributed by atoms with E-state index in [1.165, 1.54) is 6.08 Å². The van der Waals surface area contributed by atoms with Gasteiger partial charge < -0.3 is 10.1 Å². The summed E-state index contributed by atoms with van der Waals surface area (Å²) in [5.41, 5.74) is 1.15. The molecule has 0 saturated heterocycles. The van der Waals surface area contributed by atoms with Crippen LogP contribution in [0.4, 0.5) is 0 Å². The highest BCUT2D eigenvalue weighted by Crippen LogP contribution is 2.24. The molecule has 0 atom stereocenters. The van der Waals surface area contributed by atoms with Gasteiger partial charge in [-0.1, -0.05) is 11.6 Å². The van der Waals surface area contributed by atoms with Gasteiger partial charge in [-0.15, -0.1) is 0 Å². The van der Waals surface area contributed by atoms with Crippen LogP contribution in [-0.4, -0.2) is 16.1 Å². The third-order valence-corrected chi connectivity index (χ3v) is 2.56. The van der Waals surface area contributed by atoms with Crippen LogP contribution < -0.4 is 0 Å². The molecule has 84 valence electrons. The lowest BCUT2D eigenvalue weighted by Crippen LogP contribution is -1.96. The molecule has 0 spiro atoms. The average Bonchev–Trinajstić information content (AvgIpc) is 2.68. The van der Waals surface area contributed by atoms with Crippen molar-refractivity contribution in [2.45, 2.75) is 0 Å². The number of carbonyl (C=O) groups is 1. The van der Waals surface area contributed by atoms with E-state index in [9.17, 15) is 4.79 Å². The summed E-state index contributed by atoms with van der Waals surface area (Å²) in [5, 5.41) is 18.8. The number of aromatic amines is 1. The average molecular weight is 247 g/mol. The minimum Gasteiger partial charge on any atom is -0.477 e. The van der Waals surface area contributed by atoms with Crippen molar-refractivity contribution in [3.63, 3.8) is 0 Å². The van der Waals surface area contributed by atoms with Gasteiger partial charge in [0.1, 0.15) is 11.6 Å². The zero-order valence-electron chi connectivity index (χ0n) is 8.57. The summed E-state index contributed by atoms with van der Waals surface area (Å²) in [4.78, 5) is 13.7. The number of hydrogen-bond acceptors (Lipinski definition) is 2. The van der Waals surface area contributed by atoms with E-state index in [2.05, 4.69) is 4.98 Å². The molecule has 1 aromatic heterocycles. The number of aliphatic carboxylic acids is 1. The third-order valence-electron chi connectivity index (χ3n) is 2.33. The highest BCUT2D eigenvalue weighted by atomic mass is 35.5. The molecule has 17 heavy (non-hydrogen) atoms. The van der Waals surface area contributed by atoms with Crippen LogP contribution in [0.25, 0.3) is 17.0 Å². The third kappa shape index (κ3) is 2.14. The summed E-state index contributed by atoms with van der Waals surface area (Å²) < 4.78 is 0. The molecule has 0 saturated carbocycles. The van der Waals surface area contributed by atoms with E-state index < -0.39 is 5.97 Å². The molecular formula is C12H7ClN2O2. The van der Waals surface area contributed by atoms with Gasteiger partial charge >= 0.3 is 5.97 Å². The van der Waals surface area contributed by atoms with Crippen molar-refractivity contribution in [3.8, 4) is 6.07 Å². The fraction of sp³-hybridized carbons (Fsp3) is 0. The van der Waals surface area contributed by atoms with Gasteiger partial charge in [0.2, 0.25) is 0 Å². The van der Waals surface area contributed by atoms with Crippen LogP contribution in [0.5, 0.6) is 0 Å². The van der Waals surface area contributed by atoms with E-state index in [1.54, 1.807) is 30.5 Å². The smallest absolute Gasteiger partial charge is 0.346 e. The number of nitriles is 1. The molecule has 0 bridgehead atoms. The molecule has 0 aliphatic rings. The molecule has 0 radical (unpaired) electrons. The van der Waals surface area contributed by atoms with Crippen LogP contribution in [0.2, 0.25) is 5.02 Å². The monoisotopic (exact) mass is 246 g/mol. The number of nitrogens with one attached hydrogen (secondary N) is 1. The summed E-state index contributed by atoms with van der Waals surface area (Å²) in [6.07, 6.45) is 2.96.